The highest BCUT2D eigenvalue weighted by atomic mass is 16.5. The number of nitrogen functional groups attached to an aromatic ring is 1. The molecule has 0 unspecified atom stereocenters. The van der Waals surface area contributed by atoms with Crippen LogP contribution in [0.5, 0.6) is 0 Å². The fourth-order valence-corrected chi connectivity index (χ4v) is 3.68. The highest BCUT2D eigenvalue weighted by Gasteiger charge is 2.29. The first-order chi connectivity index (χ1) is 13.0. The number of aromatic nitrogens is 2. The molecule has 1 amide bonds. The molecule has 27 heavy (non-hydrogen) atoms. The molecule has 1 aliphatic heterocycles. The van der Waals surface area contributed by atoms with Crippen molar-refractivity contribution < 1.29 is 9.32 Å². The summed E-state index contributed by atoms with van der Waals surface area (Å²) in [4.78, 5) is 19.5. The summed E-state index contributed by atoms with van der Waals surface area (Å²) in [5, 5.41) is 5.00. The van der Waals surface area contributed by atoms with E-state index in [2.05, 4.69) is 5.16 Å². The van der Waals surface area contributed by atoms with E-state index in [1.54, 1.807) is 6.07 Å². The first-order valence-corrected chi connectivity index (χ1v) is 9.44. The third kappa shape index (κ3) is 3.39. The molecule has 6 heteroatoms. The lowest BCUT2D eigenvalue weighted by molar-refractivity contribution is 0.0695. The number of likely N-dealkylation sites (tertiary alicyclic amines) is 1. The van der Waals surface area contributed by atoms with Gasteiger partial charge in [-0.1, -0.05) is 37.2 Å². The van der Waals surface area contributed by atoms with Crippen molar-refractivity contribution in [2.24, 2.45) is 0 Å². The van der Waals surface area contributed by atoms with Crippen LogP contribution in [0.3, 0.4) is 0 Å². The van der Waals surface area contributed by atoms with Crippen molar-refractivity contribution in [2.75, 3.05) is 18.8 Å². The van der Waals surface area contributed by atoms with Crippen molar-refractivity contribution in [3.05, 3.63) is 53.5 Å². The van der Waals surface area contributed by atoms with E-state index in [4.69, 9.17) is 15.2 Å². The number of piperidine rings is 1. The van der Waals surface area contributed by atoms with Crippen molar-refractivity contribution in [3.63, 3.8) is 0 Å². The molecule has 3 aromatic rings. The van der Waals surface area contributed by atoms with Gasteiger partial charge < -0.3 is 15.2 Å². The van der Waals surface area contributed by atoms with Gasteiger partial charge in [-0.15, -0.1) is 0 Å². The van der Waals surface area contributed by atoms with Gasteiger partial charge in [0.05, 0.1) is 16.9 Å². The number of hydrogen-bond donors (Lipinski definition) is 1. The fourth-order valence-electron chi connectivity index (χ4n) is 3.68. The van der Waals surface area contributed by atoms with Crippen LogP contribution in [-0.2, 0) is 0 Å². The number of benzene rings is 1. The van der Waals surface area contributed by atoms with E-state index in [0.29, 0.717) is 24.5 Å². The number of hydrogen-bond acceptors (Lipinski definition) is 5. The van der Waals surface area contributed by atoms with E-state index in [1.165, 1.54) is 0 Å². The second-order valence-electron chi connectivity index (χ2n) is 7.52. The molecule has 140 valence electrons. The molecule has 1 fully saturated rings. The number of nitrogens with two attached hydrogens (primary N) is 1. The van der Waals surface area contributed by atoms with Crippen molar-refractivity contribution >= 4 is 22.5 Å². The normalized spacial score (nSPS) is 17.6. The Kier molecular flexibility index (Phi) is 4.56. The maximum atomic E-state index is 12.9. The smallest absolute Gasteiger partial charge is 0.276 e. The zero-order chi connectivity index (χ0) is 19.0. The quantitative estimate of drug-likeness (QED) is 0.760. The number of carbonyl (C=O) groups is 1. The van der Waals surface area contributed by atoms with Gasteiger partial charge in [-0.25, -0.2) is 0 Å². The van der Waals surface area contributed by atoms with Crippen LogP contribution in [0.15, 0.2) is 40.9 Å². The Labute approximate surface area is 158 Å². The molecular weight excluding hydrogens is 340 g/mol. The van der Waals surface area contributed by atoms with E-state index in [1.807, 2.05) is 49.1 Å². The Morgan fingerprint density at radius 1 is 1.30 bits per heavy atom. The zero-order valence-electron chi connectivity index (χ0n) is 15.7. The molecule has 2 aromatic heterocycles. The minimum atomic E-state index is -0.0882. The van der Waals surface area contributed by atoms with Gasteiger partial charge in [0.2, 0.25) is 0 Å². The molecule has 0 spiro atoms. The van der Waals surface area contributed by atoms with Gasteiger partial charge in [0, 0.05) is 36.4 Å². The molecule has 0 radical (unpaired) electrons. The van der Waals surface area contributed by atoms with E-state index >= 15 is 0 Å². The number of carbonyl (C=O) groups excluding carboxylic acids is 1. The predicted molar refractivity (Wildman–Crippen MR) is 105 cm³/mol. The predicted octanol–water partition coefficient (Wildman–Crippen LogP) is 3.95. The monoisotopic (exact) mass is 364 g/mol. The van der Waals surface area contributed by atoms with Crippen molar-refractivity contribution in [2.45, 2.75) is 38.5 Å². The van der Waals surface area contributed by atoms with Crippen LogP contribution in [0.1, 0.15) is 60.5 Å². The van der Waals surface area contributed by atoms with E-state index in [-0.39, 0.29) is 17.7 Å². The average molecular weight is 364 g/mol. The second kappa shape index (κ2) is 7.02. The number of amides is 1. The van der Waals surface area contributed by atoms with Crippen molar-refractivity contribution in [1.82, 2.24) is 15.0 Å². The molecule has 0 saturated carbocycles. The van der Waals surface area contributed by atoms with E-state index in [9.17, 15) is 4.79 Å². The summed E-state index contributed by atoms with van der Waals surface area (Å²) in [6, 6.07) is 11.7. The number of fused-ring (bicyclic) bond motifs is 1. The van der Waals surface area contributed by atoms with Crippen LogP contribution < -0.4 is 5.73 Å². The maximum Gasteiger partial charge on any atom is 0.276 e. The van der Waals surface area contributed by atoms with Gasteiger partial charge in [-0.3, -0.25) is 9.78 Å². The maximum absolute atomic E-state index is 12.9. The molecular formula is C21H24N4O2. The van der Waals surface area contributed by atoms with Gasteiger partial charge >= 0.3 is 0 Å². The Bertz CT molecular complexity index is 979. The molecule has 2 N–H and O–H groups in total. The highest BCUT2D eigenvalue weighted by molar-refractivity contribution is 5.92. The SMILES string of the molecule is CC(C)c1cc(C(=O)N2CCC[C@H](c3nc4ccccc4cc3N)C2)no1. The molecule has 3 heterocycles. The van der Waals surface area contributed by atoms with Crippen LogP contribution in [0, 0.1) is 0 Å². The number of anilines is 1. The second-order valence-corrected chi connectivity index (χ2v) is 7.52. The summed E-state index contributed by atoms with van der Waals surface area (Å²) in [7, 11) is 0. The number of pyridine rings is 1. The Morgan fingerprint density at radius 3 is 2.89 bits per heavy atom. The lowest BCUT2D eigenvalue weighted by Crippen LogP contribution is -2.39. The van der Waals surface area contributed by atoms with Crippen LogP contribution in [0.2, 0.25) is 0 Å². The first kappa shape index (κ1) is 17.5. The van der Waals surface area contributed by atoms with Crippen molar-refractivity contribution in [3.8, 4) is 0 Å². The van der Waals surface area contributed by atoms with E-state index in [0.717, 1.165) is 35.2 Å². The minimum Gasteiger partial charge on any atom is -0.397 e. The third-order valence-corrected chi connectivity index (χ3v) is 5.20. The lowest BCUT2D eigenvalue weighted by atomic mass is 9.92. The zero-order valence-corrected chi connectivity index (χ0v) is 15.7. The van der Waals surface area contributed by atoms with Gasteiger partial charge in [0.25, 0.3) is 5.91 Å². The average Bonchev–Trinajstić information content (AvgIpc) is 3.17. The Hall–Kier alpha value is -2.89. The molecule has 1 saturated heterocycles. The molecule has 1 aliphatic rings. The summed E-state index contributed by atoms with van der Waals surface area (Å²) >= 11 is 0. The van der Waals surface area contributed by atoms with Crippen LogP contribution >= 0.6 is 0 Å². The molecule has 1 atom stereocenters. The number of rotatable bonds is 3. The van der Waals surface area contributed by atoms with Gasteiger partial charge in [0.15, 0.2) is 5.69 Å². The number of nitrogens with zero attached hydrogens (tertiary/aromatic N) is 3. The van der Waals surface area contributed by atoms with Gasteiger partial charge in [0.1, 0.15) is 5.76 Å². The van der Waals surface area contributed by atoms with Crippen molar-refractivity contribution in [1.29, 1.82) is 0 Å². The van der Waals surface area contributed by atoms with Crippen LogP contribution in [-0.4, -0.2) is 34.0 Å². The number of para-hydroxylation sites is 1. The minimum absolute atomic E-state index is 0.0882. The summed E-state index contributed by atoms with van der Waals surface area (Å²) in [5.41, 5.74) is 9.18. The molecule has 0 bridgehead atoms. The largest absolute Gasteiger partial charge is 0.397 e. The van der Waals surface area contributed by atoms with Gasteiger partial charge in [-0.05, 0) is 25.0 Å². The van der Waals surface area contributed by atoms with Gasteiger partial charge in [-0.2, -0.15) is 0 Å². The standard InChI is InChI=1S/C21H24N4O2/c1-13(2)19-11-18(24-27-19)21(26)25-9-5-7-15(12-25)20-16(22)10-14-6-3-4-8-17(14)23-20/h3-4,6,8,10-11,13,15H,5,7,9,12,22H2,1-2H3/t15-/m0/s1. The Morgan fingerprint density at radius 2 is 2.11 bits per heavy atom. The lowest BCUT2D eigenvalue weighted by Gasteiger charge is -2.32. The molecule has 1 aromatic carbocycles. The topological polar surface area (TPSA) is 85.2 Å². The summed E-state index contributed by atoms with van der Waals surface area (Å²) in [6.45, 7) is 5.34. The van der Waals surface area contributed by atoms with E-state index < -0.39 is 0 Å². The first-order valence-electron chi connectivity index (χ1n) is 9.44. The summed E-state index contributed by atoms with van der Waals surface area (Å²) < 4.78 is 5.29. The fraction of sp³-hybridized carbons (Fsp3) is 0.381. The van der Waals surface area contributed by atoms with Crippen LogP contribution in [0.25, 0.3) is 10.9 Å². The molecule has 4 rings (SSSR count). The molecule has 6 nitrogen and oxygen atoms in total. The molecule has 0 aliphatic carbocycles. The Balaban J connectivity index is 1.57. The highest BCUT2D eigenvalue weighted by Crippen LogP contribution is 2.32. The summed E-state index contributed by atoms with van der Waals surface area (Å²) in [6.07, 6.45) is 1.88. The third-order valence-electron chi connectivity index (χ3n) is 5.20. The summed E-state index contributed by atoms with van der Waals surface area (Å²) in [5.74, 6) is 0.973. The van der Waals surface area contributed by atoms with Crippen LogP contribution in [0.4, 0.5) is 5.69 Å².